The van der Waals surface area contributed by atoms with Crippen molar-refractivity contribution in [2.45, 2.75) is 13.8 Å². The van der Waals surface area contributed by atoms with Crippen LogP contribution in [-0.2, 0) is 4.79 Å². The van der Waals surface area contributed by atoms with Gasteiger partial charge in [-0.05, 0) is 48.7 Å². The number of hydrogen-bond acceptors (Lipinski definition) is 2. The molecule has 0 radical (unpaired) electrons. The van der Waals surface area contributed by atoms with Crippen molar-refractivity contribution >= 4 is 29.3 Å². The van der Waals surface area contributed by atoms with Gasteiger partial charge in [0.05, 0.1) is 0 Å². The highest BCUT2D eigenvalue weighted by Crippen LogP contribution is 2.20. The molecule has 2 rings (SSSR count). The predicted octanol–water partition coefficient (Wildman–Crippen LogP) is 4.50. The van der Waals surface area contributed by atoms with Crippen LogP contribution in [0.3, 0.4) is 0 Å². The summed E-state index contributed by atoms with van der Waals surface area (Å²) in [4.78, 5) is 12.2. The number of anilines is 1. The van der Waals surface area contributed by atoms with Crippen LogP contribution in [0.25, 0.3) is 6.08 Å². The van der Waals surface area contributed by atoms with Gasteiger partial charge in [0.15, 0.2) is 0 Å². The number of halogens is 1. The van der Waals surface area contributed by atoms with Crippen LogP contribution in [0.15, 0.2) is 48.0 Å². The molecule has 3 nitrogen and oxygen atoms in total. The number of rotatable bonds is 3. The monoisotopic (exact) mass is 310 g/mol. The zero-order chi connectivity index (χ0) is 16.1. The maximum atomic E-state index is 12.2. The van der Waals surface area contributed by atoms with Gasteiger partial charge >= 0.3 is 0 Å². The van der Waals surface area contributed by atoms with Crippen molar-refractivity contribution in [2.24, 2.45) is 0 Å². The minimum Gasteiger partial charge on any atom is -0.321 e. The largest absolute Gasteiger partial charge is 0.321 e. The Morgan fingerprint density at radius 2 is 1.91 bits per heavy atom. The molecule has 110 valence electrons. The Kier molecular flexibility index (Phi) is 4.98. The summed E-state index contributed by atoms with van der Waals surface area (Å²) in [5, 5.41) is 12.5. The fraction of sp³-hybridized carbons (Fsp3) is 0.111. The first-order valence-electron chi connectivity index (χ1n) is 6.76. The molecule has 22 heavy (non-hydrogen) atoms. The zero-order valence-electron chi connectivity index (χ0n) is 12.4. The van der Waals surface area contributed by atoms with E-state index in [2.05, 4.69) is 5.32 Å². The number of aryl methyl sites for hydroxylation is 2. The Hall–Kier alpha value is -2.57. The number of nitrogens with one attached hydrogen (secondary N) is 1. The number of carbonyl (C=O) groups is 1. The van der Waals surface area contributed by atoms with Crippen molar-refractivity contribution in [1.82, 2.24) is 0 Å². The Balaban J connectivity index is 2.24. The first-order chi connectivity index (χ1) is 10.5. The Morgan fingerprint density at radius 3 is 2.55 bits per heavy atom. The molecule has 0 bridgehead atoms. The molecule has 0 heterocycles. The van der Waals surface area contributed by atoms with E-state index in [0.717, 1.165) is 16.7 Å². The zero-order valence-corrected chi connectivity index (χ0v) is 13.1. The molecule has 0 saturated heterocycles. The number of hydrogen-bond donors (Lipinski definition) is 1. The summed E-state index contributed by atoms with van der Waals surface area (Å²) < 4.78 is 0. The quantitative estimate of drug-likeness (QED) is 0.670. The molecule has 0 aliphatic carbocycles. The van der Waals surface area contributed by atoms with E-state index < -0.39 is 5.91 Å². The summed E-state index contributed by atoms with van der Waals surface area (Å²) in [6.07, 6.45) is 1.58. The lowest BCUT2D eigenvalue weighted by atomic mass is 10.1. The van der Waals surface area contributed by atoms with Crippen LogP contribution in [0.5, 0.6) is 0 Å². The van der Waals surface area contributed by atoms with E-state index in [0.29, 0.717) is 10.7 Å². The molecule has 0 atom stereocenters. The van der Waals surface area contributed by atoms with E-state index in [1.165, 1.54) is 0 Å². The fourth-order valence-corrected chi connectivity index (χ4v) is 2.10. The van der Waals surface area contributed by atoms with Crippen molar-refractivity contribution in [3.8, 4) is 6.07 Å². The Labute approximate surface area is 134 Å². The third-order valence-electron chi connectivity index (χ3n) is 3.28. The van der Waals surface area contributed by atoms with Crippen LogP contribution in [0, 0.1) is 25.2 Å². The van der Waals surface area contributed by atoms with Crippen LogP contribution in [0.2, 0.25) is 5.02 Å². The van der Waals surface area contributed by atoms with E-state index in [9.17, 15) is 10.1 Å². The molecule has 4 heteroatoms. The van der Waals surface area contributed by atoms with Crippen LogP contribution < -0.4 is 5.32 Å². The molecule has 2 aromatic carbocycles. The molecule has 0 unspecified atom stereocenters. The smallest absolute Gasteiger partial charge is 0.266 e. The molecule has 0 aliphatic heterocycles. The second kappa shape index (κ2) is 6.93. The van der Waals surface area contributed by atoms with Gasteiger partial charge in [0, 0.05) is 10.7 Å². The number of nitrogens with zero attached hydrogens (tertiary/aromatic N) is 1. The van der Waals surface area contributed by atoms with Crippen molar-refractivity contribution in [1.29, 1.82) is 5.26 Å². The highest BCUT2D eigenvalue weighted by molar-refractivity contribution is 6.31. The number of benzene rings is 2. The lowest BCUT2D eigenvalue weighted by Gasteiger charge is -2.06. The molecule has 0 saturated carbocycles. The van der Waals surface area contributed by atoms with E-state index >= 15 is 0 Å². The van der Waals surface area contributed by atoms with Gasteiger partial charge in [0.2, 0.25) is 0 Å². The summed E-state index contributed by atoms with van der Waals surface area (Å²) in [7, 11) is 0. The maximum Gasteiger partial charge on any atom is 0.266 e. The van der Waals surface area contributed by atoms with E-state index in [1.54, 1.807) is 18.2 Å². The summed E-state index contributed by atoms with van der Waals surface area (Å²) >= 11 is 6.03. The van der Waals surface area contributed by atoms with Gasteiger partial charge in [-0.25, -0.2) is 0 Å². The predicted molar refractivity (Wildman–Crippen MR) is 89.6 cm³/mol. The third kappa shape index (κ3) is 3.75. The third-order valence-corrected chi connectivity index (χ3v) is 3.69. The van der Waals surface area contributed by atoms with Gasteiger partial charge in [-0.2, -0.15) is 5.26 Å². The van der Waals surface area contributed by atoms with Gasteiger partial charge < -0.3 is 5.32 Å². The van der Waals surface area contributed by atoms with Crippen molar-refractivity contribution in [3.63, 3.8) is 0 Å². The minimum atomic E-state index is -0.453. The average Bonchev–Trinajstić information content (AvgIpc) is 2.50. The molecular weight excluding hydrogens is 296 g/mol. The molecule has 0 aliphatic rings. The van der Waals surface area contributed by atoms with Crippen LogP contribution in [-0.4, -0.2) is 5.91 Å². The molecule has 1 amide bonds. The van der Waals surface area contributed by atoms with Gasteiger partial charge in [0.1, 0.15) is 11.6 Å². The van der Waals surface area contributed by atoms with Crippen LogP contribution in [0.4, 0.5) is 5.69 Å². The average molecular weight is 311 g/mol. The summed E-state index contributed by atoms with van der Waals surface area (Å²) in [6.45, 7) is 3.81. The second-order valence-electron chi connectivity index (χ2n) is 4.94. The van der Waals surface area contributed by atoms with Gasteiger partial charge in [-0.15, -0.1) is 0 Å². The Morgan fingerprint density at radius 1 is 1.18 bits per heavy atom. The molecule has 0 fully saturated rings. The van der Waals surface area contributed by atoms with Crippen molar-refractivity contribution in [3.05, 3.63) is 69.8 Å². The maximum absolute atomic E-state index is 12.2. The highest BCUT2D eigenvalue weighted by atomic mass is 35.5. The molecule has 1 N–H and O–H groups in total. The molecule has 2 aromatic rings. The first kappa shape index (κ1) is 15.8. The van der Waals surface area contributed by atoms with Gasteiger partial charge in [-0.3, -0.25) is 4.79 Å². The standard InChI is InChI=1S/C18H15ClN2O/c1-12-5-3-4-6-14(12)9-15(11-20)18(22)21-16-8-7-13(2)17(19)10-16/h3-10H,1-2H3,(H,21,22)/b15-9-. The van der Waals surface area contributed by atoms with E-state index in [-0.39, 0.29) is 5.57 Å². The van der Waals surface area contributed by atoms with Crippen LogP contribution in [0.1, 0.15) is 16.7 Å². The van der Waals surface area contributed by atoms with Crippen LogP contribution >= 0.6 is 11.6 Å². The molecule has 0 spiro atoms. The first-order valence-corrected chi connectivity index (χ1v) is 7.14. The molecular formula is C18H15ClN2O. The topological polar surface area (TPSA) is 52.9 Å². The number of nitriles is 1. The SMILES string of the molecule is Cc1ccc(NC(=O)/C(C#N)=C\c2ccccc2C)cc1Cl. The normalized spacial score (nSPS) is 10.9. The lowest BCUT2D eigenvalue weighted by molar-refractivity contribution is -0.112. The number of amides is 1. The summed E-state index contributed by atoms with van der Waals surface area (Å²) in [6, 6.07) is 14.7. The van der Waals surface area contributed by atoms with Gasteiger partial charge in [-0.1, -0.05) is 41.9 Å². The summed E-state index contributed by atoms with van der Waals surface area (Å²) in [5.74, 6) is -0.453. The second-order valence-corrected chi connectivity index (χ2v) is 5.35. The van der Waals surface area contributed by atoms with Crippen molar-refractivity contribution in [2.75, 3.05) is 5.32 Å². The van der Waals surface area contributed by atoms with Gasteiger partial charge in [0.25, 0.3) is 5.91 Å². The summed E-state index contributed by atoms with van der Waals surface area (Å²) in [5.41, 5.74) is 3.38. The highest BCUT2D eigenvalue weighted by Gasteiger charge is 2.10. The number of carbonyl (C=O) groups excluding carboxylic acids is 1. The fourth-order valence-electron chi connectivity index (χ4n) is 1.92. The van der Waals surface area contributed by atoms with Crippen molar-refractivity contribution < 1.29 is 4.79 Å². The Bertz CT molecular complexity index is 788. The van der Waals surface area contributed by atoms with E-state index in [1.807, 2.05) is 50.2 Å². The minimum absolute atomic E-state index is 0.0472. The molecule has 0 aromatic heterocycles. The lowest BCUT2D eigenvalue weighted by Crippen LogP contribution is -2.13. The van der Waals surface area contributed by atoms with E-state index in [4.69, 9.17) is 11.6 Å².